The fourth-order valence-corrected chi connectivity index (χ4v) is 3.50. The maximum atomic E-state index is 12.4. The van der Waals surface area contributed by atoms with E-state index in [1.54, 1.807) is 4.90 Å². The van der Waals surface area contributed by atoms with Gasteiger partial charge in [0.25, 0.3) is 0 Å². The fraction of sp³-hybridized carbons (Fsp3) is 0.722. The highest BCUT2D eigenvalue weighted by molar-refractivity contribution is 6.01. The van der Waals surface area contributed by atoms with Gasteiger partial charge in [0, 0.05) is 25.3 Å². The standard InChI is InChI=1S/C18H28N4O3/c1-3-5-12(2)25-18-20-16(19)14-10-15(23)22(17(14)21-18)8-7-13-6-4-9-24-11-13/h12-13H,3-11H2,1-2H3,(H2,19,20,21)/t12-,13?/m0/s1. The molecule has 0 bridgehead atoms. The highest BCUT2D eigenvalue weighted by Gasteiger charge is 2.32. The van der Waals surface area contributed by atoms with Crippen LogP contribution in [0.2, 0.25) is 0 Å². The number of hydrogen-bond acceptors (Lipinski definition) is 6. The number of nitrogen functional groups attached to an aromatic ring is 1. The van der Waals surface area contributed by atoms with Crippen LogP contribution in [0.25, 0.3) is 0 Å². The first-order valence-electron chi connectivity index (χ1n) is 9.29. The van der Waals surface area contributed by atoms with Gasteiger partial charge in [-0.05, 0) is 38.5 Å². The maximum absolute atomic E-state index is 12.4. The van der Waals surface area contributed by atoms with Crippen LogP contribution in [0.15, 0.2) is 0 Å². The lowest BCUT2D eigenvalue weighted by Gasteiger charge is -2.24. The SMILES string of the molecule is CCC[C@H](C)Oc1nc(N)c2c(n1)N(CCC1CCCOC1)C(=O)C2. The Balaban J connectivity index is 1.72. The monoisotopic (exact) mass is 348 g/mol. The molecule has 2 atom stereocenters. The fourth-order valence-electron chi connectivity index (χ4n) is 3.50. The van der Waals surface area contributed by atoms with Crippen molar-refractivity contribution in [2.45, 2.75) is 58.5 Å². The summed E-state index contributed by atoms with van der Waals surface area (Å²) in [6, 6.07) is 0.262. The Morgan fingerprint density at radius 3 is 3.00 bits per heavy atom. The van der Waals surface area contributed by atoms with Crippen LogP contribution in [0.5, 0.6) is 6.01 Å². The van der Waals surface area contributed by atoms with Gasteiger partial charge in [-0.3, -0.25) is 9.69 Å². The van der Waals surface area contributed by atoms with Crippen LogP contribution >= 0.6 is 0 Å². The summed E-state index contributed by atoms with van der Waals surface area (Å²) in [5.41, 5.74) is 6.78. The summed E-state index contributed by atoms with van der Waals surface area (Å²) in [6.07, 6.45) is 5.40. The van der Waals surface area contributed by atoms with Crippen LogP contribution in [-0.4, -0.2) is 41.7 Å². The molecule has 0 saturated carbocycles. The van der Waals surface area contributed by atoms with Gasteiger partial charge in [0.05, 0.1) is 12.5 Å². The molecule has 138 valence electrons. The summed E-state index contributed by atoms with van der Waals surface area (Å²) in [6.45, 7) is 6.36. The van der Waals surface area contributed by atoms with Crippen LogP contribution in [0, 0.1) is 5.92 Å². The smallest absolute Gasteiger partial charge is 0.320 e. The molecule has 1 fully saturated rings. The van der Waals surface area contributed by atoms with E-state index in [-0.39, 0.29) is 24.4 Å². The molecule has 2 aliphatic heterocycles. The lowest BCUT2D eigenvalue weighted by molar-refractivity contribution is -0.117. The predicted molar refractivity (Wildman–Crippen MR) is 95.7 cm³/mol. The van der Waals surface area contributed by atoms with E-state index in [1.807, 2.05) is 6.92 Å². The summed E-state index contributed by atoms with van der Waals surface area (Å²) < 4.78 is 11.3. The zero-order valence-corrected chi connectivity index (χ0v) is 15.2. The largest absolute Gasteiger partial charge is 0.460 e. The molecule has 0 aromatic carbocycles. The van der Waals surface area contributed by atoms with Gasteiger partial charge in [-0.2, -0.15) is 9.97 Å². The minimum Gasteiger partial charge on any atom is -0.460 e. The number of nitrogens with zero attached hydrogens (tertiary/aromatic N) is 3. The minimum absolute atomic E-state index is 0.0207. The molecule has 25 heavy (non-hydrogen) atoms. The second-order valence-corrected chi connectivity index (χ2v) is 7.00. The van der Waals surface area contributed by atoms with Crippen molar-refractivity contribution in [3.8, 4) is 6.01 Å². The van der Waals surface area contributed by atoms with Gasteiger partial charge in [-0.25, -0.2) is 0 Å². The van der Waals surface area contributed by atoms with Crippen LogP contribution in [0.4, 0.5) is 11.6 Å². The second kappa shape index (κ2) is 7.99. The number of amides is 1. The van der Waals surface area contributed by atoms with Gasteiger partial charge in [-0.1, -0.05) is 13.3 Å². The normalized spacial score (nSPS) is 21.3. The highest BCUT2D eigenvalue weighted by Crippen LogP contribution is 2.33. The first kappa shape index (κ1) is 17.9. The van der Waals surface area contributed by atoms with Crippen molar-refractivity contribution in [1.82, 2.24) is 9.97 Å². The van der Waals surface area contributed by atoms with E-state index in [0.29, 0.717) is 24.1 Å². The van der Waals surface area contributed by atoms with Gasteiger partial charge >= 0.3 is 6.01 Å². The van der Waals surface area contributed by atoms with Crippen LogP contribution < -0.4 is 15.4 Å². The summed E-state index contributed by atoms with van der Waals surface area (Å²) in [5, 5.41) is 0. The van der Waals surface area contributed by atoms with Crippen LogP contribution in [0.1, 0.15) is 51.5 Å². The zero-order chi connectivity index (χ0) is 17.8. The number of aromatic nitrogens is 2. The number of hydrogen-bond donors (Lipinski definition) is 1. The Morgan fingerprint density at radius 1 is 1.44 bits per heavy atom. The molecular weight excluding hydrogens is 320 g/mol. The average molecular weight is 348 g/mol. The van der Waals surface area contributed by atoms with Crippen LogP contribution in [0.3, 0.4) is 0 Å². The Hall–Kier alpha value is -1.89. The molecule has 1 aromatic rings. The van der Waals surface area contributed by atoms with Crippen molar-refractivity contribution in [1.29, 1.82) is 0 Å². The number of carbonyl (C=O) groups excluding carboxylic acids is 1. The summed E-state index contributed by atoms with van der Waals surface area (Å²) >= 11 is 0. The molecule has 1 aromatic heterocycles. The lowest BCUT2D eigenvalue weighted by atomic mass is 9.98. The molecule has 0 spiro atoms. The molecule has 7 heteroatoms. The van der Waals surface area contributed by atoms with E-state index in [9.17, 15) is 4.79 Å². The zero-order valence-electron chi connectivity index (χ0n) is 15.2. The number of fused-ring (bicyclic) bond motifs is 1. The molecule has 1 amide bonds. The van der Waals surface area contributed by atoms with E-state index in [4.69, 9.17) is 15.2 Å². The first-order valence-corrected chi connectivity index (χ1v) is 9.29. The van der Waals surface area contributed by atoms with Crippen molar-refractivity contribution in [3.63, 3.8) is 0 Å². The van der Waals surface area contributed by atoms with Crippen LogP contribution in [-0.2, 0) is 16.0 Å². The Morgan fingerprint density at radius 2 is 2.28 bits per heavy atom. The molecule has 2 aliphatic rings. The molecule has 1 unspecified atom stereocenters. The van der Waals surface area contributed by atoms with E-state index in [0.717, 1.165) is 50.9 Å². The van der Waals surface area contributed by atoms with Crippen molar-refractivity contribution in [3.05, 3.63) is 5.56 Å². The molecular formula is C18H28N4O3. The summed E-state index contributed by atoms with van der Waals surface area (Å²) in [7, 11) is 0. The highest BCUT2D eigenvalue weighted by atomic mass is 16.5. The van der Waals surface area contributed by atoms with Crippen molar-refractivity contribution in [2.75, 3.05) is 30.4 Å². The number of carbonyl (C=O) groups is 1. The summed E-state index contributed by atoms with van der Waals surface area (Å²) in [5.74, 6) is 1.50. The van der Waals surface area contributed by atoms with Gasteiger partial charge in [0.1, 0.15) is 11.6 Å². The molecule has 3 rings (SSSR count). The third-order valence-electron chi connectivity index (χ3n) is 4.90. The third-order valence-corrected chi connectivity index (χ3v) is 4.90. The minimum atomic E-state index is 0.0207. The van der Waals surface area contributed by atoms with Gasteiger partial charge in [0.15, 0.2) is 0 Å². The molecule has 2 N–H and O–H groups in total. The molecule has 0 radical (unpaired) electrons. The quantitative estimate of drug-likeness (QED) is 0.813. The number of rotatable bonds is 7. The van der Waals surface area contributed by atoms with Crippen molar-refractivity contribution >= 4 is 17.5 Å². The first-order chi connectivity index (χ1) is 12.1. The van der Waals surface area contributed by atoms with E-state index >= 15 is 0 Å². The maximum Gasteiger partial charge on any atom is 0.320 e. The van der Waals surface area contributed by atoms with E-state index < -0.39 is 0 Å². The Bertz CT molecular complexity index is 617. The number of nitrogens with two attached hydrogens (primary N) is 1. The van der Waals surface area contributed by atoms with Crippen molar-refractivity contribution < 1.29 is 14.3 Å². The summed E-state index contributed by atoms with van der Waals surface area (Å²) in [4.78, 5) is 22.9. The Kier molecular flexibility index (Phi) is 5.73. The van der Waals surface area contributed by atoms with E-state index in [1.165, 1.54) is 0 Å². The average Bonchev–Trinajstić information content (AvgIpc) is 2.90. The Labute approximate surface area is 148 Å². The molecule has 1 saturated heterocycles. The lowest BCUT2D eigenvalue weighted by Crippen LogP contribution is -2.31. The third kappa shape index (κ3) is 4.21. The van der Waals surface area contributed by atoms with Gasteiger partial charge in [0.2, 0.25) is 5.91 Å². The number of ether oxygens (including phenoxy) is 2. The molecule has 0 aliphatic carbocycles. The van der Waals surface area contributed by atoms with Crippen molar-refractivity contribution in [2.24, 2.45) is 5.92 Å². The molecule has 3 heterocycles. The van der Waals surface area contributed by atoms with Gasteiger partial charge in [-0.15, -0.1) is 0 Å². The number of anilines is 2. The van der Waals surface area contributed by atoms with E-state index in [2.05, 4.69) is 16.9 Å². The predicted octanol–water partition coefficient (Wildman–Crippen LogP) is 2.33. The van der Waals surface area contributed by atoms with Gasteiger partial charge < -0.3 is 15.2 Å². The molecule has 7 nitrogen and oxygen atoms in total. The second-order valence-electron chi connectivity index (χ2n) is 7.00. The topological polar surface area (TPSA) is 90.6 Å².